The predicted molar refractivity (Wildman–Crippen MR) is 235 cm³/mol. The molecule has 0 aliphatic carbocycles. The lowest BCUT2D eigenvalue weighted by Gasteiger charge is -2.11. The Morgan fingerprint density at radius 2 is 0.965 bits per heavy atom. The van der Waals surface area contributed by atoms with Crippen LogP contribution in [0, 0.1) is 0 Å². The molecule has 0 spiro atoms. The molecule has 57 heavy (non-hydrogen) atoms. The molecule has 5 aromatic heterocycles. The van der Waals surface area contributed by atoms with Crippen molar-refractivity contribution in [1.82, 2.24) is 18.9 Å². The molecule has 0 fully saturated rings. The molecule has 0 saturated heterocycles. The first-order chi connectivity index (χ1) is 28.3. The maximum Gasteiger partial charge on any atom is 0.236 e. The van der Waals surface area contributed by atoms with Gasteiger partial charge in [-0.15, -0.1) is 0 Å². The topological polar surface area (TPSA) is 48.3 Å². The van der Waals surface area contributed by atoms with Crippen molar-refractivity contribution in [2.75, 3.05) is 0 Å². The molecule has 13 rings (SSSR count). The molecule has 0 aliphatic heterocycles. The summed E-state index contributed by atoms with van der Waals surface area (Å²) in [6.45, 7) is 0. The average Bonchev–Trinajstić information content (AvgIpc) is 4.02. The minimum Gasteiger partial charge on any atom is -0.452 e. The Morgan fingerprint density at radius 1 is 0.386 bits per heavy atom. The van der Waals surface area contributed by atoms with E-state index in [1.54, 1.807) is 0 Å². The van der Waals surface area contributed by atoms with E-state index in [-0.39, 0.29) is 0 Å². The number of para-hydroxylation sites is 3. The molecule has 0 radical (unpaired) electrons. The quantitative estimate of drug-likeness (QED) is 0.181. The van der Waals surface area contributed by atoms with E-state index in [0.29, 0.717) is 11.5 Å². The second-order valence-electron chi connectivity index (χ2n) is 14.9. The monoisotopic (exact) mass is 726 g/mol. The number of hydrogen-bond acceptors (Lipinski definition) is 3. The summed E-state index contributed by atoms with van der Waals surface area (Å²) < 4.78 is 11.3. The predicted octanol–water partition coefficient (Wildman–Crippen LogP) is 13.6. The smallest absolute Gasteiger partial charge is 0.236 e. The summed E-state index contributed by atoms with van der Waals surface area (Å²) in [5.74, 6) is 0.607. The van der Waals surface area contributed by atoms with Gasteiger partial charge >= 0.3 is 0 Å². The van der Waals surface area contributed by atoms with Crippen LogP contribution in [0.25, 0.3) is 121 Å². The van der Waals surface area contributed by atoms with E-state index in [1.807, 2.05) is 36.4 Å². The first-order valence-corrected chi connectivity index (χ1v) is 19.3. The lowest BCUT2D eigenvalue weighted by atomic mass is 9.98. The number of furan rings is 1. The van der Waals surface area contributed by atoms with E-state index in [1.165, 1.54) is 54.8 Å². The van der Waals surface area contributed by atoms with Crippen molar-refractivity contribution in [3.8, 4) is 39.5 Å². The summed E-state index contributed by atoms with van der Waals surface area (Å²) in [5, 5.41) is 8.16. The molecule has 0 saturated carbocycles. The fourth-order valence-corrected chi connectivity index (χ4v) is 9.35. The van der Waals surface area contributed by atoms with Gasteiger partial charge in [0.15, 0.2) is 5.58 Å². The maximum atomic E-state index is 6.54. The van der Waals surface area contributed by atoms with Crippen molar-refractivity contribution in [1.29, 1.82) is 0 Å². The van der Waals surface area contributed by atoms with Gasteiger partial charge < -0.3 is 8.82 Å². The molecule has 0 N–H and O–H groups in total. The van der Waals surface area contributed by atoms with Crippen molar-refractivity contribution in [2.24, 2.45) is 0 Å². The summed E-state index contributed by atoms with van der Waals surface area (Å²) >= 11 is 0. The zero-order valence-corrected chi connectivity index (χ0v) is 30.5. The Labute approximate surface area is 325 Å². The van der Waals surface area contributed by atoms with Crippen LogP contribution in [0.3, 0.4) is 0 Å². The van der Waals surface area contributed by atoms with Crippen LogP contribution in [0.1, 0.15) is 0 Å². The molecular weight excluding hydrogens is 697 g/mol. The van der Waals surface area contributed by atoms with Gasteiger partial charge in [-0.3, -0.25) is 4.57 Å². The molecule has 5 heteroatoms. The van der Waals surface area contributed by atoms with Gasteiger partial charge in [-0.25, -0.2) is 9.97 Å². The van der Waals surface area contributed by atoms with Gasteiger partial charge in [-0.2, -0.15) is 0 Å². The third kappa shape index (κ3) is 4.23. The summed E-state index contributed by atoms with van der Waals surface area (Å²) in [4.78, 5) is 10.9. The molecule has 0 unspecified atom stereocenters. The van der Waals surface area contributed by atoms with Gasteiger partial charge in [0.05, 0.1) is 27.6 Å². The highest BCUT2D eigenvalue weighted by atomic mass is 16.3. The molecule has 264 valence electrons. The number of benzene rings is 8. The standard InChI is InChI=1S/C52H30N4O/c1-3-13-31(14-4-1)32-23-25-33(26-24-32)35-27-28-44-39(29-35)41-30-40-36-17-7-10-20-42(36)55-43-21-11-8-18-37(43)46(49(40)55)50(41)56(44)52-53-47(34-15-5-2-6-16-34)51-48(54-52)38-19-9-12-22-45(38)57-51/h1-30H. The molecular formula is C52H30N4O. The van der Waals surface area contributed by atoms with Gasteiger partial charge in [0.1, 0.15) is 16.8 Å². The molecule has 5 nitrogen and oxygen atoms in total. The minimum atomic E-state index is 0.607. The molecule has 0 atom stereocenters. The van der Waals surface area contributed by atoms with Crippen LogP contribution in [0.15, 0.2) is 186 Å². The van der Waals surface area contributed by atoms with Crippen molar-refractivity contribution < 1.29 is 4.42 Å². The summed E-state index contributed by atoms with van der Waals surface area (Å²) in [5.41, 5.74) is 14.5. The average molecular weight is 727 g/mol. The molecule has 0 aliphatic rings. The summed E-state index contributed by atoms with van der Waals surface area (Å²) in [6, 6.07) is 64.7. The van der Waals surface area contributed by atoms with E-state index < -0.39 is 0 Å². The number of nitrogens with zero attached hydrogens (tertiary/aromatic N) is 4. The van der Waals surface area contributed by atoms with E-state index >= 15 is 0 Å². The second-order valence-corrected chi connectivity index (χ2v) is 14.9. The Balaban J connectivity index is 1.18. The summed E-state index contributed by atoms with van der Waals surface area (Å²) in [7, 11) is 0. The Hall–Kier alpha value is -7.76. The molecule has 5 heterocycles. The SMILES string of the molecule is c1ccc(-c2ccc(-c3ccc4c(c3)c3cc5c6ccccc6n6c7ccccc7c(c3n4-c3nc(-c4ccccc4)c4oc7ccccc7c4n3)c56)cc2)cc1. The van der Waals surface area contributed by atoms with E-state index in [9.17, 15) is 0 Å². The van der Waals surface area contributed by atoms with Crippen LogP contribution in [0.4, 0.5) is 0 Å². The highest BCUT2D eigenvalue weighted by Crippen LogP contribution is 2.47. The van der Waals surface area contributed by atoms with Crippen LogP contribution >= 0.6 is 0 Å². The third-order valence-corrected chi connectivity index (χ3v) is 11.9. The van der Waals surface area contributed by atoms with Gasteiger partial charge in [-0.1, -0.05) is 140 Å². The van der Waals surface area contributed by atoms with E-state index in [4.69, 9.17) is 14.4 Å². The van der Waals surface area contributed by atoms with Crippen molar-refractivity contribution in [2.45, 2.75) is 0 Å². The van der Waals surface area contributed by atoms with Gasteiger partial charge in [-0.05, 0) is 64.7 Å². The first-order valence-electron chi connectivity index (χ1n) is 19.3. The largest absolute Gasteiger partial charge is 0.452 e. The fourth-order valence-electron chi connectivity index (χ4n) is 9.35. The highest BCUT2D eigenvalue weighted by molar-refractivity contribution is 6.34. The van der Waals surface area contributed by atoms with Crippen LogP contribution in [0.5, 0.6) is 0 Å². The number of aromatic nitrogens is 4. The van der Waals surface area contributed by atoms with Crippen molar-refractivity contribution in [3.63, 3.8) is 0 Å². The van der Waals surface area contributed by atoms with Gasteiger partial charge in [0.25, 0.3) is 0 Å². The molecule has 13 aromatic rings. The number of rotatable bonds is 4. The van der Waals surface area contributed by atoms with E-state index in [0.717, 1.165) is 55.1 Å². The summed E-state index contributed by atoms with van der Waals surface area (Å²) in [6.07, 6.45) is 0. The van der Waals surface area contributed by atoms with Gasteiger partial charge in [0, 0.05) is 43.3 Å². The Morgan fingerprint density at radius 3 is 1.74 bits per heavy atom. The lowest BCUT2D eigenvalue weighted by Crippen LogP contribution is -2.03. The van der Waals surface area contributed by atoms with Crippen LogP contribution < -0.4 is 0 Å². The number of fused-ring (bicyclic) bond motifs is 13. The fraction of sp³-hybridized carbons (Fsp3) is 0. The van der Waals surface area contributed by atoms with Crippen LogP contribution in [-0.4, -0.2) is 18.9 Å². The Kier molecular flexibility index (Phi) is 6.10. The maximum absolute atomic E-state index is 6.54. The number of hydrogen-bond donors (Lipinski definition) is 0. The zero-order chi connectivity index (χ0) is 37.2. The van der Waals surface area contributed by atoms with Crippen LogP contribution in [0.2, 0.25) is 0 Å². The second kappa shape index (κ2) is 11.4. The zero-order valence-electron chi connectivity index (χ0n) is 30.5. The third-order valence-electron chi connectivity index (χ3n) is 11.9. The van der Waals surface area contributed by atoms with Crippen molar-refractivity contribution >= 4 is 82.0 Å². The Bertz CT molecular complexity index is 3730. The first kappa shape index (κ1) is 30.6. The van der Waals surface area contributed by atoms with E-state index in [2.05, 4.69) is 155 Å². The lowest BCUT2D eigenvalue weighted by molar-refractivity contribution is 0.666. The molecule has 8 aromatic carbocycles. The minimum absolute atomic E-state index is 0.607. The normalized spacial score (nSPS) is 12.2. The molecule has 0 amide bonds. The van der Waals surface area contributed by atoms with Gasteiger partial charge in [0.2, 0.25) is 5.95 Å². The van der Waals surface area contributed by atoms with Crippen LogP contribution in [-0.2, 0) is 0 Å². The molecule has 0 bridgehead atoms. The highest BCUT2D eigenvalue weighted by Gasteiger charge is 2.27. The van der Waals surface area contributed by atoms with Crippen molar-refractivity contribution in [3.05, 3.63) is 182 Å².